The van der Waals surface area contributed by atoms with Gasteiger partial charge in [0, 0.05) is 0 Å². The lowest BCUT2D eigenvalue weighted by Crippen LogP contribution is -2.02. The number of nitrogens with zero attached hydrogens (tertiary/aromatic N) is 3. The molecule has 0 unspecified atom stereocenters. The predicted molar refractivity (Wildman–Crippen MR) is 27.3 cm³/mol. The second-order valence-corrected chi connectivity index (χ2v) is 0.799. The molecule has 0 aliphatic carbocycles. The van der Waals surface area contributed by atoms with Crippen molar-refractivity contribution in [2.24, 2.45) is 10.3 Å². The SMILES string of the molecule is C=CON([O-])N=NC. The van der Waals surface area contributed by atoms with Gasteiger partial charge in [0.2, 0.25) is 0 Å². The van der Waals surface area contributed by atoms with Crippen LogP contribution in [-0.4, -0.2) is 12.4 Å². The van der Waals surface area contributed by atoms with Crippen LogP contribution in [0.15, 0.2) is 23.2 Å². The molecule has 0 aromatic carbocycles. The van der Waals surface area contributed by atoms with Crippen molar-refractivity contribution in [3.63, 3.8) is 0 Å². The highest BCUT2D eigenvalue weighted by molar-refractivity contribution is 4.46. The summed E-state index contributed by atoms with van der Waals surface area (Å²) in [5.41, 5.74) is 0. The van der Waals surface area contributed by atoms with Crippen LogP contribution in [-0.2, 0) is 4.84 Å². The number of hydrogen-bond donors (Lipinski definition) is 0. The van der Waals surface area contributed by atoms with Gasteiger partial charge in [-0.3, -0.25) is 0 Å². The fourth-order valence-corrected chi connectivity index (χ4v) is 0.158. The van der Waals surface area contributed by atoms with Gasteiger partial charge in [-0.05, 0) is 0 Å². The Kier molecular flexibility index (Phi) is 3.51. The lowest BCUT2D eigenvalue weighted by Gasteiger charge is -2.17. The van der Waals surface area contributed by atoms with E-state index >= 15 is 0 Å². The van der Waals surface area contributed by atoms with Crippen LogP contribution in [0.2, 0.25) is 0 Å². The van der Waals surface area contributed by atoms with Gasteiger partial charge in [-0.15, -0.1) is 0 Å². The maximum absolute atomic E-state index is 10.0. The van der Waals surface area contributed by atoms with E-state index in [9.17, 15) is 5.21 Å². The van der Waals surface area contributed by atoms with Gasteiger partial charge >= 0.3 is 0 Å². The fraction of sp³-hybridized carbons (Fsp3) is 0.333. The summed E-state index contributed by atoms with van der Waals surface area (Å²) in [6.45, 7) is 3.12. The van der Waals surface area contributed by atoms with E-state index in [1.54, 1.807) is 0 Å². The van der Waals surface area contributed by atoms with Gasteiger partial charge in [0.15, 0.2) is 0 Å². The van der Waals surface area contributed by atoms with Crippen LogP contribution in [0.4, 0.5) is 0 Å². The molecule has 0 heterocycles. The molecule has 0 bridgehead atoms. The molecule has 0 N–H and O–H groups in total. The number of rotatable bonds is 3. The van der Waals surface area contributed by atoms with E-state index in [4.69, 9.17) is 0 Å². The summed E-state index contributed by atoms with van der Waals surface area (Å²) in [6, 6.07) is 0. The van der Waals surface area contributed by atoms with Crippen molar-refractivity contribution in [1.82, 2.24) is 5.34 Å². The van der Waals surface area contributed by atoms with Crippen molar-refractivity contribution in [3.05, 3.63) is 18.0 Å². The van der Waals surface area contributed by atoms with Gasteiger partial charge in [-0.2, -0.15) is 10.4 Å². The Morgan fingerprint density at radius 3 is 2.88 bits per heavy atom. The zero-order valence-corrected chi connectivity index (χ0v) is 4.44. The van der Waals surface area contributed by atoms with E-state index in [2.05, 4.69) is 21.8 Å². The van der Waals surface area contributed by atoms with Crippen LogP contribution >= 0.6 is 0 Å². The zero-order valence-electron chi connectivity index (χ0n) is 4.44. The molecule has 0 atom stereocenters. The average Bonchev–Trinajstić information content (AvgIpc) is 1.68. The minimum absolute atomic E-state index is 0.0486. The maximum Gasteiger partial charge on any atom is 0.113 e. The molecule has 0 aromatic rings. The molecule has 0 saturated heterocycles. The Hall–Kier alpha value is -1.10. The monoisotopic (exact) mass is 116 g/mol. The van der Waals surface area contributed by atoms with Gasteiger partial charge in [0.05, 0.1) is 7.05 Å². The first-order valence-electron chi connectivity index (χ1n) is 1.86. The third-order valence-corrected chi connectivity index (χ3v) is 0.327. The van der Waals surface area contributed by atoms with Gasteiger partial charge in [-0.25, -0.2) is 0 Å². The van der Waals surface area contributed by atoms with E-state index in [1.165, 1.54) is 7.05 Å². The van der Waals surface area contributed by atoms with Gasteiger partial charge in [0.1, 0.15) is 6.26 Å². The molecule has 8 heavy (non-hydrogen) atoms. The summed E-state index contributed by atoms with van der Waals surface area (Å²) in [5.74, 6) is 0. The quantitative estimate of drug-likeness (QED) is 0.312. The van der Waals surface area contributed by atoms with Gasteiger partial charge in [-0.1, -0.05) is 11.8 Å². The first-order chi connectivity index (χ1) is 3.81. The zero-order chi connectivity index (χ0) is 6.41. The third-order valence-electron chi connectivity index (χ3n) is 0.327. The summed E-state index contributed by atoms with van der Waals surface area (Å²) in [5, 5.41) is 16.0. The molecule has 0 fully saturated rings. The molecule has 0 aromatic heterocycles. The van der Waals surface area contributed by atoms with Crippen LogP contribution in [0, 0.1) is 5.21 Å². The van der Waals surface area contributed by atoms with Crippen molar-refractivity contribution in [2.75, 3.05) is 7.05 Å². The number of hydrogen-bond acceptors (Lipinski definition) is 4. The van der Waals surface area contributed by atoms with Crippen molar-refractivity contribution in [2.45, 2.75) is 0 Å². The highest BCUT2D eigenvalue weighted by Crippen LogP contribution is 1.86. The van der Waals surface area contributed by atoms with Gasteiger partial charge in [0.25, 0.3) is 0 Å². The predicted octanol–water partition coefficient (Wildman–Crippen LogP) is 0.858. The van der Waals surface area contributed by atoms with Crippen molar-refractivity contribution >= 4 is 0 Å². The largest absolute Gasteiger partial charge is 0.705 e. The fourth-order valence-electron chi connectivity index (χ4n) is 0.158. The first-order valence-corrected chi connectivity index (χ1v) is 1.86. The Labute approximate surface area is 46.8 Å². The summed E-state index contributed by atoms with van der Waals surface area (Å²) in [6.07, 6.45) is 0.960. The van der Waals surface area contributed by atoms with Crippen molar-refractivity contribution in [1.29, 1.82) is 0 Å². The molecule has 46 valence electrons. The van der Waals surface area contributed by atoms with Crippen molar-refractivity contribution < 1.29 is 4.84 Å². The van der Waals surface area contributed by atoms with E-state index in [0.717, 1.165) is 6.26 Å². The molecule has 0 spiro atoms. The molecule has 5 heteroatoms. The van der Waals surface area contributed by atoms with Gasteiger partial charge < -0.3 is 10.0 Å². The van der Waals surface area contributed by atoms with E-state index in [0.29, 0.717) is 0 Å². The molecule has 0 amide bonds. The molecule has 5 nitrogen and oxygen atoms in total. The lowest BCUT2D eigenvalue weighted by atomic mass is 11.2. The average molecular weight is 116 g/mol. The highest BCUT2D eigenvalue weighted by Gasteiger charge is 1.72. The Bertz CT molecular complexity index is 92.5. The summed E-state index contributed by atoms with van der Waals surface area (Å²) in [4.78, 5) is 4.06. The molecule has 0 radical (unpaired) electrons. The second-order valence-electron chi connectivity index (χ2n) is 0.799. The van der Waals surface area contributed by atoms with Crippen LogP contribution in [0.5, 0.6) is 0 Å². The van der Waals surface area contributed by atoms with Crippen LogP contribution in [0.1, 0.15) is 0 Å². The topological polar surface area (TPSA) is 60.2 Å². The second kappa shape index (κ2) is 4.07. The minimum Gasteiger partial charge on any atom is -0.705 e. The first kappa shape index (κ1) is 6.90. The Morgan fingerprint density at radius 1 is 1.88 bits per heavy atom. The maximum atomic E-state index is 10.0. The van der Waals surface area contributed by atoms with Crippen LogP contribution in [0.25, 0.3) is 0 Å². The smallest absolute Gasteiger partial charge is 0.113 e. The molecule has 0 aliphatic rings. The normalized spacial score (nSPS) is 9.25. The third kappa shape index (κ3) is 3.10. The Morgan fingerprint density at radius 2 is 2.50 bits per heavy atom. The summed E-state index contributed by atoms with van der Waals surface area (Å²) in [7, 11) is 1.36. The highest BCUT2D eigenvalue weighted by atomic mass is 16.9. The lowest BCUT2D eigenvalue weighted by molar-refractivity contribution is -0.0620. The molecule has 0 rings (SSSR count). The van der Waals surface area contributed by atoms with E-state index < -0.39 is 0 Å². The summed E-state index contributed by atoms with van der Waals surface area (Å²) < 4.78 is 0. The van der Waals surface area contributed by atoms with Crippen molar-refractivity contribution in [3.8, 4) is 0 Å². The molecule has 0 aliphatic heterocycles. The molecular weight excluding hydrogens is 110 g/mol. The van der Waals surface area contributed by atoms with Crippen LogP contribution < -0.4 is 0 Å². The van der Waals surface area contributed by atoms with Crippen LogP contribution in [0.3, 0.4) is 0 Å². The van der Waals surface area contributed by atoms with E-state index in [-0.39, 0.29) is 5.34 Å². The Balaban J connectivity index is 3.31. The molecular formula is C3H6N3O2-. The van der Waals surface area contributed by atoms with E-state index in [1.807, 2.05) is 0 Å². The molecule has 0 saturated carbocycles. The standard InChI is InChI=1S/C3H6N3O2/c1-3-8-6(7)5-4-2/h3H,1H2,2H3/q-1. The minimum atomic E-state index is -0.0486. The summed E-state index contributed by atoms with van der Waals surface area (Å²) >= 11 is 0.